The lowest BCUT2D eigenvalue weighted by atomic mass is 10.1. The number of carbonyl (C=O) groups is 1. The van der Waals surface area contributed by atoms with Crippen LogP contribution in [0.25, 0.3) is 10.6 Å². The zero-order chi connectivity index (χ0) is 17.9. The number of anilines is 2. The molecule has 0 radical (unpaired) electrons. The van der Waals surface area contributed by atoms with Crippen LogP contribution in [0.3, 0.4) is 0 Å². The lowest BCUT2D eigenvalue weighted by molar-refractivity contribution is -0.137. The fourth-order valence-corrected chi connectivity index (χ4v) is 2.74. The number of urea groups is 1. The van der Waals surface area contributed by atoms with Crippen molar-refractivity contribution in [1.29, 1.82) is 0 Å². The van der Waals surface area contributed by atoms with E-state index < -0.39 is 17.8 Å². The van der Waals surface area contributed by atoms with Gasteiger partial charge in [0, 0.05) is 17.1 Å². The number of hydrogen-bond acceptors (Lipinski definition) is 4. The van der Waals surface area contributed by atoms with Gasteiger partial charge in [-0.1, -0.05) is 12.1 Å². The quantitative estimate of drug-likeness (QED) is 0.697. The van der Waals surface area contributed by atoms with Gasteiger partial charge in [-0.3, -0.25) is 10.3 Å². The molecular formula is C16H11F3N4OS. The minimum Gasteiger partial charge on any atom is -0.306 e. The van der Waals surface area contributed by atoms with Crippen molar-refractivity contribution in [3.8, 4) is 10.6 Å². The molecule has 0 aliphatic rings. The number of nitrogens with one attached hydrogen (secondary N) is 2. The fraction of sp³-hybridized carbons (Fsp3) is 0.0625. The Morgan fingerprint density at radius 3 is 2.48 bits per heavy atom. The third-order valence-electron chi connectivity index (χ3n) is 3.12. The Bertz CT molecular complexity index is 863. The number of amides is 2. The minimum absolute atomic E-state index is 0.307. The number of aromatic nitrogens is 2. The molecular weight excluding hydrogens is 353 g/mol. The van der Waals surface area contributed by atoms with E-state index in [9.17, 15) is 18.0 Å². The summed E-state index contributed by atoms with van der Waals surface area (Å²) in [6, 6.07) is 7.57. The molecule has 0 bridgehead atoms. The van der Waals surface area contributed by atoms with Gasteiger partial charge >= 0.3 is 12.2 Å². The van der Waals surface area contributed by atoms with Gasteiger partial charge in [0.05, 0.1) is 17.4 Å². The molecule has 0 spiro atoms. The van der Waals surface area contributed by atoms with Crippen molar-refractivity contribution in [3.63, 3.8) is 0 Å². The first-order valence-electron chi connectivity index (χ1n) is 7.03. The molecule has 0 atom stereocenters. The second-order valence-electron chi connectivity index (χ2n) is 4.93. The maximum Gasteiger partial charge on any atom is 0.416 e. The lowest BCUT2D eigenvalue weighted by Gasteiger charge is -2.06. The Balaban J connectivity index is 1.67. The lowest BCUT2D eigenvalue weighted by Crippen LogP contribution is -2.19. The molecule has 2 heterocycles. The molecule has 0 aliphatic heterocycles. The van der Waals surface area contributed by atoms with Crippen LogP contribution in [-0.2, 0) is 6.18 Å². The van der Waals surface area contributed by atoms with Gasteiger partial charge in [0.2, 0.25) is 0 Å². The zero-order valence-corrected chi connectivity index (χ0v) is 13.4. The monoisotopic (exact) mass is 364 g/mol. The second-order valence-corrected chi connectivity index (χ2v) is 5.79. The first-order valence-corrected chi connectivity index (χ1v) is 7.91. The standard InChI is InChI=1S/C16H11F3N4OS/c17-16(18,19)11-5-3-10(4-6-11)14-22-13(9-25-14)23-15(24)21-12-2-1-7-20-8-12/h1-9H,(H2,21,23,24). The summed E-state index contributed by atoms with van der Waals surface area (Å²) >= 11 is 1.22. The number of rotatable bonds is 3. The number of thiazole rings is 1. The van der Waals surface area contributed by atoms with E-state index in [-0.39, 0.29) is 0 Å². The minimum atomic E-state index is -4.38. The molecule has 0 saturated carbocycles. The van der Waals surface area contributed by atoms with Gasteiger partial charge in [-0.2, -0.15) is 13.2 Å². The zero-order valence-electron chi connectivity index (χ0n) is 12.5. The van der Waals surface area contributed by atoms with E-state index in [1.165, 1.54) is 29.7 Å². The van der Waals surface area contributed by atoms with Crippen LogP contribution in [0.4, 0.5) is 29.5 Å². The highest BCUT2D eigenvalue weighted by molar-refractivity contribution is 7.13. The fourth-order valence-electron chi connectivity index (χ4n) is 1.98. The molecule has 2 N–H and O–H groups in total. The van der Waals surface area contributed by atoms with Crippen LogP contribution in [0.5, 0.6) is 0 Å². The Kier molecular flexibility index (Phi) is 4.66. The second kappa shape index (κ2) is 6.89. The molecule has 2 aromatic heterocycles. The number of pyridine rings is 1. The van der Waals surface area contributed by atoms with Gasteiger partial charge in [0.1, 0.15) is 10.8 Å². The predicted octanol–water partition coefficient (Wildman–Crippen LogP) is 4.87. The summed E-state index contributed by atoms with van der Waals surface area (Å²) in [5.74, 6) is 0.307. The van der Waals surface area contributed by atoms with E-state index in [4.69, 9.17) is 0 Å². The van der Waals surface area contributed by atoms with E-state index in [1.807, 2.05) is 0 Å². The number of nitrogens with zero attached hydrogens (tertiary/aromatic N) is 2. The molecule has 0 saturated heterocycles. The Morgan fingerprint density at radius 2 is 1.84 bits per heavy atom. The van der Waals surface area contributed by atoms with Crippen LogP contribution in [0, 0.1) is 0 Å². The summed E-state index contributed by atoms with van der Waals surface area (Å²) < 4.78 is 37.7. The van der Waals surface area contributed by atoms with Crippen molar-refractivity contribution < 1.29 is 18.0 Å². The van der Waals surface area contributed by atoms with Crippen molar-refractivity contribution in [3.05, 3.63) is 59.7 Å². The van der Waals surface area contributed by atoms with Crippen molar-refractivity contribution in [2.45, 2.75) is 6.18 Å². The largest absolute Gasteiger partial charge is 0.416 e. The van der Waals surface area contributed by atoms with Crippen molar-refractivity contribution >= 4 is 28.9 Å². The van der Waals surface area contributed by atoms with Crippen molar-refractivity contribution in [2.75, 3.05) is 10.6 Å². The van der Waals surface area contributed by atoms with Gasteiger partial charge in [-0.25, -0.2) is 9.78 Å². The van der Waals surface area contributed by atoms with Crippen LogP contribution in [0.2, 0.25) is 0 Å². The van der Waals surface area contributed by atoms with Crippen LogP contribution >= 0.6 is 11.3 Å². The van der Waals surface area contributed by atoms with Crippen molar-refractivity contribution in [1.82, 2.24) is 9.97 Å². The first-order chi connectivity index (χ1) is 11.9. The van der Waals surface area contributed by atoms with Crippen LogP contribution < -0.4 is 10.6 Å². The average molecular weight is 364 g/mol. The molecule has 5 nitrogen and oxygen atoms in total. The summed E-state index contributed by atoms with van der Waals surface area (Å²) in [6.07, 6.45) is -1.30. The highest BCUT2D eigenvalue weighted by Crippen LogP contribution is 2.32. The molecule has 0 fully saturated rings. The van der Waals surface area contributed by atoms with Gasteiger partial charge in [0.15, 0.2) is 0 Å². The molecule has 0 unspecified atom stereocenters. The smallest absolute Gasteiger partial charge is 0.306 e. The topological polar surface area (TPSA) is 66.9 Å². The van der Waals surface area contributed by atoms with E-state index >= 15 is 0 Å². The summed E-state index contributed by atoms with van der Waals surface area (Å²) in [7, 11) is 0. The number of carbonyl (C=O) groups excluding carboxylic acids is 1. The highest BCUT2D eigenvalue weighted by atomic mass is 32.1. The third kappa shape index (κ3) is 4.32. The van der Waals surface area contributed by atoms with Gasteiger partial charge in [0.25, 0.3) is 0 Å². The number of benzene rings is 1. The Morgan fingerprint density at radius 1 is 1.08 bits per heavy atom. The Labute approximate surface area is 144 Å². The van der Waals surface area contributed by atoms with E-state index in [2.05, 4.69) is 20.6 Å². The number of halogens is 3. The SMILES string of the molecule is O=C(Nc1cccnc1)Nc1csc(-c2ccc(C(F)(F)F)cc2)n1. The normalized spacial score (nSPS) is 11.2. The van der Waals surface area contributed by atoms with Crippen LogP contribution in [-0.4, -0.2) is 16.0 Å². The van der Waals surface area contributed by atoms with Gasteiger partial charge in [-0.05, 0) is 24.3 Å². The molecule has 128 valence electrons. The van der Waals surface area contributed by atoms with Gasteiger partial charge < -0.3 is 5.32 Å². The molecule has 9 heteroatoms. The summed E-state index contributed by atoms with van der Waals surface area (Å²) in [6.45, 7) is 0. The van der Waals surface area contributed by atoms with E-state index in [0.717, 1.165) is 12.1 Å². The average Bonchev–Trinajstić information content (AvgIpc) is 3.03. The highest BCUT2D eigenvalue weighted by Gasteiger charge is 2.30. The summed E-state index contributed by atoms with van der Waals surface area (Å²) in [5, 5.41) is 7.26. The summed E-state index contributed by atoms with van der Waals surface area (Å²) in [5.41, 5.74) is 0.346. The van der Waals surface area contributed by atoms with Gasteiger partial charge in [-0.15, -0.1) is 11.3 Å². The van der Waals surface area contributed by atoms with Crippen LogP contribution in [0.1, 0.15) is 5.56 Å². The molecule has 1 aromatic carbocycles. The van der Waals surface area contributed by atoms with E-state index in [1.54, 1.807) is 23.7 Å². The van der Waals surface area contributed by atoms with E-state index in [0.29, 0.717) is 22.1 Å². The predicted molar refractivity (Wildman–Crippen MR) is 89.4 cm³/mol. The maximum atomic E-state index is 12.6. The molecule has 2 amide bonds. The van der Waals surface area contributed by atoms with Crippen molar-refractivity contribution in [2.24, 2.45) is 0 Å². The van der Waals surface area contributed by atoms with Crippen LogP contribution in [0.15, 0.2) is 54.2 Å². The third-order valence-corrected chi connectivity index (χ3v) is 4.02. The maximum absolute atomic E-state index is 12.6. The number of alkyl halides is 3. The first kappa shape index (κ1) is 16.9. The molecule has 25 heavy (non-hydrogen) atoms. The molecule has 3 rings (SSSR count). The molecule has 0 aliphatic carbocycles. The number of hydrogen-bond donors (Lipinski definition) is 2. The Hall–Kier alpha value is -2.94. The molecule has 3 aromatic rings. The summed E-state index contributed by atoms with van der Waals surface area (Å²) in [4.78, 5) is 20.0.